The zero-order chi connectivity index (χ0) is 27.0. The van der Waals surface area contributed by atoms with Gasteiger partial charge in [-0.05, 0) is 49.6 Å². The molecule has 2 aromatic carbocycles. The first-order chi connectivity index (χ1) is 17.6. The average Bonchev–Trinajstić information content (AvgIpc) is 2.85. The molecule has 0 aliphatic carbocycles. The fourth-order valence-electron chi connectivity index (χ4n) is 4.46. The second kappa shape index (κ2) is 13.0. The third-order valence-electron chi connectivity index (χ3n) is 6.18. The molecular formula is C26H32F4N2O5. The number of carboxylic acid groups (broad SMARTS) is 1. The molecular weight excluding hydrogens is 496 g/mol. The molecule has 1 aliphatic rings. The fraction of sp³-hybridized carbons (Fsp3) is 0.500. The van der Waals surface area contributed by atoms with Crippen LogP contribution in [0.3, 0.4) is 0 Å². The number of rotatable bonds is 13. The summed E-state index contributed by atoms with van der Waals surface area (Å²) in [6.45, 7) is 4.16. The molecule has 0 radical (unpaired) electrons. The third-order valence-corrected chi connectivity index (χ3v) is 6.18. The second-order valence-electron chi connectivity index (χ2n) is 8.77. The predicted octanol–water partition coefficient (Wildman–Crippen LogP) is 5.88. The Hall–Kier alpha value is -3.05. The average molecular weight is 529 g/mol. The van der Waals surface area contributed by atoms with Crippen LogP contribution in [0.25, 0.3) is 0 Å². The SMILES string of the molecule is CCN(c1ccc(C(COC)CC(=O)O)cc1Nc1cccc(OC(F)(F)C(F)F)c1)C1CCOCC1. The van der Waals surface area contributed by atoms with Crippen molar-refractivity contribution in [3.8, 4) is 5.75 Å². The van der Waals surface area contributed by atoms with E-state index in [4.69, 9.17) is 9.47 Å². The summed E-state index contributed by atoms with van der Waals surface area (Å²) in [5.41, 5.74) is 2.49. The molecule has 1 fully saturated rings. The van der Waals surface area contributed by atoms with E-state index in [9.17, 15) is 27.5 Å². The third kappa shape index (κ3) is 7.72. The van der Waals surface area contributed by atoms with Crippen LogP contribution < -0.4 is 15.0 Å². The Kier molecular flexibility index (Phi) is 9.99. The molecule has 0 saturated carbocycles. The van der Waals surface area contributed by atoms with Gasteiger partial charge in [0.2, 0.25) is 0 Å². The molecule has 0 bridgehead atoms. The summed E-state index contributed by atoms with van der Waals surface area (Å²) in [5, 5.41) is 12.6. The standard InChI is InChI=1S/C26H32F4N2O5/c1-3-32(20-9-11-36-12-10-20)23-8-7-17(18(16-35-2)14-24(33)34)13-22(23)31-19-5-4-6-21(15-19)37-26(29,30)25(27)28/h4-8,13,15,18,20,25,31H,3,9-12,14,16H2,1-2H3,(H,33,34). The van der Waals surface area contributed by atoms with Gasteiger partial charge in [0, 0.05) is 50.6 Å². The van der Waals surface area contributed by atoms with Gasteiger partial charge >= 0.3 is 18.5 Å². The lowest BCUT2D eigenvalue weighted by Crippen LogP contribution is -2.39. The quantitative estimate of drug-likeness (QED) is 0.315. The van der Waals surface area contributed by atoms with Crippen molar-refractivity contribution in [3.63, 3.8) is 0 Å². The molecule has 0 spiro atoms. The Balaban J connectivity index is 2.00. The number of carboxylic acids is 1. The van der Waals surface area contributed by atoms with Gasteiger partial charge in [-0.25, -0.2) is 0 Å². The summed E-state index contributed by atoms with van der Waals surface area (Å²) in [7, 11) is 1.49. The molecule has 1 aliphatic heterocycles. The minimum absolute atomic E-state index is 0.143. The first kappa shape index (κ1) is 28.5. The van der Waals surface area contributed by atoms with Crippen LogP contribution in [0.15, 0.2) is 42.5 Å². The maximum atomic E-state index is 13.5. The van der Waals surface area contributed by atoms with Gasteiger partial charge in [-0.3, -0.25) is 4.79 Å². The monoisotopic (exact) mass is 528 g/mol. The number of hydrogen-bond donors (Lipinski definition) is 2. The summed E-state index contributed by atoms with van der Waals surface area (Å²) in [6, 6.07) is 11.2. The highest BCUT2D eigenvalue weighted by molar-refractivity contribution is 5.77. The van der Waals surface area contributed by atoms with E-state index in [1.165, 1.54) is 25.3 Å². The zero-order valence-electron chi connectivity index (χ0n) is 20.8. The maximum Gasteiger partial charge on any atom is 0.461 e. The van der Waals surface area contributed by atoms with Crippen LogP contribution in [0.4, 0.5) is 34.6 Å². The van der Waals surface area contributed by atoms with E-state index in [0.29, 0.717) is 31.1 Å². The van der Waals surface area contributed by atoms with E-state index < -0.39 is 30.2 Å². The molecule has 1 heterocycles. The van der Waals surface area contributed by atoms with Crippen LogP contribution in [0.1, 0.15) is 37.7 Å². The van der Waals surface area contributed by atoms with Crippen molar-refractivity contribution in [1.29, 1.82) is 0 Å². The maximum absolute atomic E-state index is 13.5. The molecule has 0 amide bonds. The number of benzene rings is 2. The van der Waals surface area contributed by atoms with E-state index in [0.717, 1.165) is 24.1 Å². The van der Waals surface area contributed by atoms with Crippen LogP contribution in [0, 0.1) is 0 Å². The van der Waals surface area contributed by atoms with Crippen molar-refractivity contribution >= 4 is 23.0 Å². The second-order valence-corrected chi connectivity index (χ2v) is 8.77. The number of anilines is 3. The number of methoxy groups -OCH3 is 1. The summed E-state index contributed by atoms with van der Waals surface area (Å²) < 4.78 is 67.1. The Morgan fingerprint density at radius 1 is 1.22 bits per heavy atom. The normalized spacial score (nSPS) is 15.4. The van der Waals surface area contributed by atoms with Crippen molar-refractivity contribution in [1.82, 2.24) is 0 Å². The Bertz CT molecular complexity index is 1030. The van der Waals surface area contributed by atoms with E-state index >= 15 is 0 Å². The van der Waals surface area contributed by atoms with E-state index in [-0.39, 0.29) is 19.1 Å². The fourth-order valence-corrected chi connectivity index (χ4v) is 4.46. The largest absolute Gasteiger partial charge is 0.481 e. The zero-order valence-corrected chi connectivity index (χ0v) is 20.8. The molecule has 1 atom stereocenters. The summed E-state index contributed by atoms with van der Waals surface area (Å²) in [6.07, 6.45) is -7.10. The Labute approximate surface area is 213 Å². The Morgan fingerprint density at radius 2 is 1.95 bits per heavy atom. The van der Waals surface area contributed by atoms with Crippen molar-refractivity contribution in [3.05, 3.63) is 48.0 Å². The molecule has 2 aromatic rings. The molecule has 204 valence electrons. The molecule has 7 nitrogen and oxygen atoms in total. The highest BCUT2D eigenvalue weighted by Gasteiger charge is 2.44. The van der Waals surface area contributed by atoms with Crippen molar-refractivity contribution in [2.75, 3.05) is 43.7 Å². The van der Waals surface area contributed by atoms with E-state index in [1.54, 1.807) is 6.07 Å². The van der Waals surface area contributed by atoms with Crippen molar-refractivity contribution in [2.24, 2.45) is 0 Å². The van der Waals surface area contributed by atoms with Crippen LogP contribution in [0.2, 0.25) is 0 Å². The number of carbonyl (C=O) groups is 1. The lowest BCUT2D eigenvalue weighted by atomic mass is 9.95. The molecule has 1 unspecified atom stereocenters. The molecule has 37 heavy (non-hydrogen) atoms. The smallest absolute Gasteiger partial charge is 0.461 e. The molecule has 1 saturated heterocycles. The van der Waals surface area contributed by atoms with E-state index in [1.807, 2.05) is 25.1 Å². The van der Waals surface area contributed by atoms with Gasteiger partial charge in [-0.2, -0.15) is 17.6 Å². The van der Waals surface area contributed by atoms with Crippen LogP contribution in [-0.2, 0) is 14.3 Å². The number of nitrogens with zero attached hydrogens (tertiary/aromatic N) is 1. The van der Waals surface area contributed by atoms with Gasteiger partial charge in [-0.15, -0.1) is 0 Å². The highest BCUT2D eigenvalue weighted by atomic mass is 19.3. The van der Waals surface area contributed by atoms with Gasteiger partial charge in [0.15, 0.2) is 0 Å². The molecule has 3 rings (SSSR count). The summed E-state index contributed by atoms with van der Waals surface area (Å²) in [5.74, 6) is -1.81. The Morgan fingerprint density at radius 3 is 2.57 bits per heavy atom. The number of aliphatic carboxylic acids is 1. The number of ether oxygens (including phenoxy) is 3. The van der Waals surface area contributed by atoms with Gasteiger partial charge in [0.25, 0.3) is 0 Å². The first-order valence-corrected chi connectivity index (χ1v) is 12.1. The van der Waals surface area contributed by atoms with Crippen LogP contribution in [-0.4, -0.2) is 63.1 Å². The van der Waals surface area contributed by atoms with Crippen LogP contribution in [0.5, 0.6) is 5.75 Å². The molecule has 2 N–H and O–H groups in total. The van der Waals surface area contributed by atoms with Crippen molar-refractivity contribution < 1.29 is 41.7 Å². The van der Waals surface area contributed by atoms with Gasteiger partial charge in [-0.1, -0.05) is 12.1 Å². The highest BCUT2D eigenvalue weighted by Crippen LogP contribution is 2.37. The van der Waals surface area contributed by atoms with Gasteiger partial charge in [0.05, 0.1) is 24.4 Å². The number of halogens is 4. The minimum atomic E-state index is -4.63. The number of alkyl halides is 4. The topological polar surface area (TPSA) is 80.3 Å². The summed E-state index contributed by atoms with van der Waals surface area (Å²) >= 11 is 0. The molecule has 11 heteroatoms. The first-order valence-electron chi connectivity index (χ1n) is 12.1. The number of nitrogens with one attached hydrogen (secondary N) is 1. The lowest BCUT2D eigenvalue weighted by Gasteiger charge is -2.37. The lowest BCUT2D eigenvalue weighted by molar-refractivity contribution is -0.253. The van der Waals surface area contributed by atoms with Gasteiger partial charge in [0.1, 0.15) is 5.75 Å². The predicted molar refractivity (Wildman–Crippen MR) is 131 cm³/mol. The minimum Gasteiger partial charge on any atom is -0.481 e. The van der Waals surface area contributed by atoms with Gasteiger partial charge < -0.3 is 29.5 Å². The number of hydrogen-bond acceptors (Lipinski definition) is 6. The summed E-state index contributed by atoms with van der Waals surface area (Å²) in [4.78, 5) is 13.7. The van der Waals surface area contributed by atoms with E-state index in [2.05, 4.69) is 15.0 Å². The van der Waals surface area contributed by atoms with Crippen LogP contribution >= 0.6 is 0 Å². The molecule has 0 aromatic heterocycles. The van der Waals surface area contributed by atoms with Crippen molar-refractivity contribution in [2.45, 2.75) is 50.7 Å².